The molecule has 2 aliphatic heterocycles. The third-order valence-electron chi connectivity index (χ3n) is 6.13. The zero-order valence-electron chi connectivity index (χ0n) is 17.3. The topological polar surface area (TPSA) is 74.6 Å². The van der Waals surface area contributed by atoms with Crippen molar-refractivity contribution in [3.8, 4) is 11.3 Å². The number of amides is 2. The minimum Gasteiger partial charge on any atom is -0.334 e. The Labute approximate surface area is 184 Å². The third-order valence-corrected chi connectivity index (χ3v) is 6.89. The number of nitrogens with zero attached hydrogens (tertiary/aromatic N) is 6. The molecule has 0 saturated carbocycles. The summed E-state index contributed by atoms with van der Waals surface area (Å²) in [5, 5.41) is 6.59. The third kappa shape index (κ3) is 3.86. The van der Waals surface area contributed by atoms with Gasteiger partial charge in [-0.15, -0.1) is 11.3 Å². The molecular formula is C22H24N6O2S. The van der Waals surface area contributed by atoms with Crippen LogP contribution in [0.3, 0.4) is 0 Å². The molecular weight excluding hydrogens is 412 g/mol. The second-order valence-corrected chi connectivity index (χ2v) is 8.81. The Morgan fingerprint density at radius 2 is 1.84 bits per heavy atom. The highest BCUT2D eigenvalue weighted by Crippen LogP contribution is 2.28. The van der Waals surface area contributed by atoms with E-state index in [0.717, 1.165) is 30.0 Å². The Kier molecular flexibility index (Phi) is 5.29. The number of rotatable bonds is 4. The van der Waals surface area contributed by atoms with Crippen molar-refractivity contribution in [3.05, 3.63) is 53.1 Å². The Morgan fingerprint density at radius 3 is 2.48 bits per heavy atom. The molecule has 2 aliphatic rings. The summed E-state index contributed by atoms with van der Waals surface area (Å²) in [4.78, 5) is 35.4. The van der Waals surface area contributed by atoms with Crippen LogP contribution >= 0.6 is 11.3 Å². The minimum absolute atomic E-state index is 0.00675. The number of thiazole rings is 1. The van der Waals surface area contributed by atoms with E-state index in [0.29, 0.717) is 31.1 Å². The molecule has 2 aromatic heterocycles. The smallest absolute Gasteiger partial charge is 0.282 e. The molecule has 8 nitrogen and oxygen atoms in total. The summed E-state index contributed by atoms with van der Waals surface area (Å²) in [7, 11) is 1.92. The molecule has 1 atom stereocenters. The normalized spacial score (nSPS) is 19.9. The standard InChI is InChI=1S/C22H24N6O2S/c1-25-19(6-7-24-25)16-2-4-17(5-3-16)28-15-18(14-20(28)29)26-9-11-27(12-10-26)22(30)21-23-8-13-31-21/h2-8,13,18H,9-12,14-15H2,1H3. The van der Waals surface area contributed by atoms with Crippen LogP contribution in [0.4, 0.5) is 5.69 Å². The molecule has 9 heteroatoms. The van der Waals surface area contributed by atoms with Crippen molar-refractivity contribution in [1.82, 2.24) is 24.6 Å². The van der Waals surface area contributed by atoms with Crippen molar-refractivity contribution < 1.29 is 9.59 Å². The maximum atomic E-state index is 12.7. The molecule has 5 rings (SSSR count). The maximum Gasteiger partial charge on any atom is 0.282 e. The molecule has 0 radical (unpaired) electrons. The van der Waals surface area contributed by atoms with Crippen molar-refractivity contribution >= 4 is 28.8 Å². The van der Waals surface area contributed by atoms with Crippen LogP contribution in [0.2, 0.25) is 0 Å². The molecule has 2 fully saturated rings. The molecule has 31 heavy (non-hydrogen) atoms. The Hall–Kier alpha value is -3.04. The minimum atomic E-state index is 0.00675. The number of hydrogen-bond donors (Lipinski definition) is 0. The van der Waals surface area contributed by atoms with Gasteiger partial charge in [0.2, 0.25) is 5.91 Å². The van der Waals surface area contributed by atoms with Gasteiger partial charge in [0.05, 0.1) is 5.69 Å². The molecule has 0 aliphatic carbocycles. The van der Waals surface area contributed by atoms with Gasteiger partial charge in [0.25, 0.3) is 5.91 Å². The van der Waals surface area contributed by atoms with E-state index >= 15 is 0 Å². The quantitative estimate of drug-likeness (QED) is 0.626. The first-order valence-electron chi connectivity index (χ1n) is 10.4. The van der Waals surface area contributed by atoms with E-state index in [1.807, 2.05) is 57.2 Å². The van der Waals surface area contributed by atoms with Crippen molar-refractivity contribution in [3.63, 3.8) is 0 Å². The lowest BCUT2D eigenvalue weighted by Crippen LogP contribution is -2.52. The van der Waals surface area contributed by atoms with Crippen LogP contribution in [-0.2, 0) is 11.8 Å². The van der Waals surface area contributed by atoms with Crippen molar-refractivity contribution in [2.75, 3.05) is 37.6 Å². The number of carbonyl (C=O) groups is 2. The van der Waals surface area contributed by atoms with Crippen LogP contribution < -0.4 is 4.90 Å². The summed E-state index contributed by atoms with van der Waals surface area (Å²) in [5.41, 5.74) is 3.05. The molecule has 2 saturated heterocycles. The Balaban J connectivity index is 1.21. The fourth-order valence-corrected chi connectivity index (χ4v) is 5.01. The van der Waals surface area contributed by atoms with E-state index in [1.165, 1.54) is 11.3 Å². The fraction of sp³-hybridized carbons (Fsp3) is 0.364. The van der Waals surface area contributed by atoms with Gasteiger partial charge >= 0.3 is 0 Å². The predicted molar refractivity (Wildman–Crippen MR) is 119 cm³/mol. The van der Waals surface area contributed by atoms with Gasteiger partial charge in [0.1, 0.15) is 0 Å². The van der Waals surface area contributed by atoms with E-state index in [4.69, 9.17) is 0 Å². The van der Waals surface area contributed by atoms with E-state index in [9.17, 15) is 9.59 Å². The summed E-state index contributed by atoms with van der Waals surface area (Å²) in [6.07, 6.45) is 3.96. The summed E-state index contributed by atoms with van der Waals surface area (Å²) >= 11 is 1.38. The van der Waals surface area contributed by atoms with Gasteiger partial charge in [-0.2, -0.15) is 5.10 Å². The van der Waals surface area contributed by atoms with Crippen LogP contribution in [0.25, 0.3) is 11.3 Å². The van der Waals surface area contributed by atoms with Crippen LogP contribution in [0.15, 0.2) is 48.1 Å². The van der Waals surface area contributed by atoms with Crippen LogP contribution in [0, 0.1) is 0 Å². The highest BCUT2D eigenvalue weighted by atomic mass is 32.1. The van der Waals surface area contributed by atoms with Crippen molar-refractivity contribution in [2.45, 2.75) is 12.5 Å². The lowest BCUT2D eigenvalue weighted by molar-refractivity contribution is -0.117. The number of piperazine rings is 1. The molecule has 3 aromatic rings. The molecule has 1 unspecified atom stereocenters. The van der Waals surface area contributed by atoms with E-state index < -0.39 is 0 Å². The van der Waals surface area contributed by atoms with Crippen LogP contribution in [0.5, 0.6) is 0 Å². The summed E-state index contributed by atoms with van der Waals surface area (Å²) in [5.74, 6) is 0.159. The lowest BCUT2D eigenvalue weighted by Gasteiger charge is -2.37. The van der Waals surface area contributed by atoms with Gasteiger partial charge in [-0.1, -0.05) is 12.1 Å². The Bertz CT molecular complexity index is 1070. The van der Waals surface area contributed by atoms with Crippen molar-refractivity contribution in [1.29, 1.82) is 0 Å². The molecule has 1 aromatic carbocycles. The van der Waals surface area contributed by atoms with Crippen molar-refractivity contribution in [2.24, 2.45) is 7.05 Å². The molecule has 0 spiro atoms. The summed E-state index contributed by atoms with van der Waals surface area (Å²) in [6, 6.07) is 10.2. The number of hydrogen-bond acceptors (Lipinski definition) is 6. The molecule has 0 bridgehead atoms. The number of aromatic nitrogens is 3. The zero-order chi connectivity index (χ0) is 21.4. The SMILES string of the molecule is Cn1nccc1-c1ccc(N2CC(N3CCN(C(=O)c4nccs4)CC3)CC2=O)cc1. The van der Waals surface area contributed by atoms with E-state index in [1.54, 1.807) is 12.4 Å². The lowest BCUT2D eigenvalue weighted by atomic mass is 10.1. The van der Waals surface area contributed by atoms with Gasteiger partial charge in [0, 0.05) is 75.7 Å². The summed E-state index contributed by atoms with van der Waals surface area (Å²) < 4.78 is 1.84. The van der Waals surface area contributed by atoms with Crippen LogP contribution in [0.1, 0.15) is 16.2 Å². The average Bonchev–Trinajstić information content (AvgIpc) is 3.55. The first kappa shape index (κ1) is 19.9. The largest absolute Gasteiger partial charge is 0.334 e. The molecule has 2 amide bonds. The second kappa shape index (κ2) is 8.24. The van der Waals surface area contributed by atoms with E-state index in [2.05, 4.69) is 15.0 Å². The van der Waals surface area contributed by atoms with Gasteiger partial charge in [-0.3, -0.25) is 19.2 Å². The Morgan fingerprint density at radius 1 is 1.06 bits per heavy atom. The first-order chi connectivity index (χ1) is 15.1. The molecule has 0 N–H and O–H groups in total. The number of anilines is 1. The molecule has 160 valence electrons. The van der Waals surface area contributed by atoms with Crippen LogP contribution in [-0.4, -0.2) is 75.1 Å². The monoisotopic (exact) mass is 436 g/mol. The average molecular weight is 437 g/mol. The van der Waals surface area contributed by atoms with Gasteiger partial charge < -0.3 is 9.80 Å². The van der Waals surface area contributed by atoms with Gasteiger partial charge in [0.15, 0.2) is 5.01 Å². The highest BCUT2D eigenvalue weighted by molar-refractivity contribution is 7.11. The summed E-state index contributed by atoms with van der Waals surface area (Å²) in [6.45, 7) is 3.58. The van der Waals surface area contributed by atoms with Gasteiger partial charge in [-0.05, 0) is 23.8 Å². The highest BCUT2D eigenvalue weighted by Gasteiger charge is 2.36. The number of carbonyl (C=O) groups excluding carboxylic acids is 2. The predicted octanol–water partition coefficient (Wildman–Crippen LogP) is 2.11. The first-order valence-corrected chi connectivity index (χ1v) is 11.3. The molecule has 4 heterocycles. The fourth-order valence-electron chi connectivity index (χ4n) is 4.41. The second-order valence-electron chi connectivity index (χ2n) is 7.91. The zero-order valence-corrected chi connectivity index (χ0v) is 18.2. The maximum absolute atomic E-state index is 12.7. The van der Waals surface area contributed by atoms with E-state index in [-0.39, 0.29) is 17.9 Å². The number of aryl methyl sites for hydroxylation is 1. The number of benzene rings is 1. The van der Waals surface area contributed by atoms with Gasteiger partial charge in [-0.25, -0.2) is 4.98 Å².